The van der Waals surface area contributed by atoms with Gasteiger partial charge < -0.3 is 14.5 Å². The first-order chi connectivity index (χ1) is 15.9. The van der Waals surface area contributed by atoms with Crippen molar-refractivity contribution in [3.63, 3.8) is 0 Å². The van der Waals surface area contributed by atoms with Gasteiger partial charge in [-0.05, 0) is 74.6 Å². The number of rotatable bonds is 4. The third kappa shape index (κ3) is 3.65. The first-order valence-electron chi connectivity index (χ1n) is 12.8. The van der Waals surface area contributed by atoms with Crippen LogP contribution in [0.25, 0.3) is 0 Å². The second-order valence-electron chi connectivity index (χ2n) is 11.1. The van der Waals surface area contributed by atoms with Crippen LogP contribution in [0.2, 0.25) is 0 Å². The molecule has 1 saturated carbocycles. The summed E-state index contributed by atoms with van der Waals surface area (Å²) in [5, 5.41) is 0. The van der Waals surface area contributed by atoms with E-state index in [-0.39, 0.29) is 29.2 Å². The predicted octanol–water partition coefficient (Wildman–Crippen LogP) is 3.80. The summed E-state index contributed by atoms with van der Waals surface area (Å²) in [6.45, 7) is 7.37. The largest absolute Gasteiger partial charge is 0.497 e. The maximum atomic E-state index is 13.3. The molecule has 4 fully saturated rings. The van der Waals surface area contributed by atoms with E-state index in [2.05, 4.69) is 35.8 Å². The van der Waals surface area contributed by atoms with Gasteiger partial charge in [0.1, 0.15) is 5.75 Å². The third-order valence-corrected chi connectivity index (χ3v) is 9.39. The van der Waals surface area contributed by atoms with Crippen molar-refractivity contribution in [1.82, 2.24) is 9.80 Å². The summed E-state index contributed by atoms with van der Waals surface area (Å²) >= 11 is 0. The van der Waals surface area contributed by atoms with Crippen molar-refractivity contribution in [3.8, 4) is 5.75 Å². The van der Waals surface area contributed by atoms with Crippen LogP contribution in [0.15, 0.2) is 24.3 Å². The molecule has 1 aromatic rings. The van der Waals surface area contributed by atoms with Crippen molar-refractivity contribution < 1.29 is 14.3 Å². The number of hydrogen-bond acceptors (Lipinski definition) is 5. The highest BCUT2D eigenvalue weighted by Gasteiger charge is 2.64. The Bertz CT molecular complexity index is 882. The molecule has 0 bridgehead atoms. The normalized spacial score (nSPS) is 32.2. The zero-order chi connectivity index (χ0) is 23.3. The lowest BCUT2D eigenvalue weighted by atomic mass is 9.73. The lowest BCUT2D eigenvalue weighted by molar-refractivity contribution is -0.139. The second-order valence-corrected chi connectivity index (χ2v) is 11.1. The van der Waals surface area contributed by atoms with Crippen LogP contribution >= 0.6 is 0 Å². The van der Waals surface area contributed by atoms with Crippen LogP contribution in [-0.2, 0) is 9.59 Å². The number of methoxy groups -OCH3 is 1. The number of imide groups is 1. The summed E-state index contributed by atoms with van der Waals surface area (Å²) in [5.74, 6) is 2.05. The minimum atomic E-state index is -0.275. The van der Waals surface area contributed by atoms with Gasteiger partial charge in [0.25, 0.3) is 0 Å². The SMILES string of the molecule is COc1ccc(N2CC3C(=O)N(C)C(=O)C3C23CCN(C2CCC(C(C)C)CC2)CC3)cc1. The average Bonchev–Trinajstić information content (AvgIpc) is 3.27. The first kappa shape index (κ1) is 22.7. The molecule has 3 heterocycles. The van der Waals surface area contributed by atoms with Crippen LogP contribution in [0.3, 0.4) is 0 Å². The number of piperidine rings is 1. The summed E-state index contributed by atoms with van der Waals surface area (Å²) in [5.41, 5.74) is 0.821. The van der Waals surface area contributed by atoms with Crippen molar-refractivity contribution >= 4 is 17.5 Å². The fraction of sp³-hybridized carbons (Fsp3) is 0.704. The highest BCUT2D eigenvalue weighted by atomic mass is 16.5. The van der Waals surface area contributed by atoms with Gasteiger partial charge in [0.2, 0.25) is 11.8 Å². The van der Waals surface area contributed by atoms with Crippen LogP contribution in [0.1, 0.15) is 52.4 Å². The Balaban J connectivity index is 1.37. The Labute approximate surface area is 198 Å². The molecule has 6 heteroatoms. The van der Waals surface area contributed by atoms with Crippen LogP contribution in [0.5, 0.6) is 5.75 Å². The van der Waals surface area contributed by atoms with Crippen molar-refractivity contribution in [2.75, 3.05) is 38.7 Å². The molecular formula is C27H39N3O3. The second kappa shape index (κ2) is 8.61. The molecule has 2 unspecified atom stereocenters. The number of benzene rings is 1. The van der Waals surface area contributed by atoms with Gasteiger partial charge in [-0.15, -0.1) is 0 Å². The van der Waals surface area contributed by atoms with Gasteiger partial charge in [-0.25, -0.2) is 0 Å². The zero-order valence-corrected chi connectivity index (χ0v) is 20.6. The topological polar surface area (TPSA) is 53.1 Å². The van der Waals surface area contributed by atoms with E-state index in [9.17, 15) is 9.59 Å². The molecule has 6 nitrogen and oxygen atoms in total. The fourth-order valence-electron chi connectivity index (χ4n) is 7.33. The maximum absolute atomic E-state index is 13.3. The number of amides is 2. The van der Waals surface area contributed by atoms with Gasteiger partial charge >= 0.3 is 0 Å². The third-order valence-electron chi connectivity index (χ3n) is 9.39. The summed E-state index contributed by atoms with van der Waals surface area (Å²) in [4.78, 5) is 32.7. The molecule has 5 rings (SSSR count). The summed E-state index contributed by atoms with van der Waals surface area (Å²) in [6, 6.07) is 8.80. The molecule has 2 amide bonds. The van der Waals surface area contributed by atoms with Gasteiger partial charge in [-0.2, -0.15) is 0 Å². The van der Waals surface area contributed by atoms with E-state index in [1.54, 1.807) is 14.2 Å². The summed E-state index contributed by atoms with van der Waals surface area (Å²) < 4.78 is 5.35. The van der Waals surface area contributed by atoms with E-state index in [0.717, 1.165) is 49.2 Å². The number of likely N-dealkylation sites (tertiary alicyclic amines) is 2. The minimum absolute atomic E-state index is 0.00479. The molecular weight excluding hydrogens is 414 g/mol. The molecule has 3 aliphatic heterocycles. The molecule has 0 radical (unpaired) electrons. The number of anilines is 1. The smallest absolute Gasteiger partial charge is 0.235 e. The Morgan fingerprint density at radius 1 is 0.970 bits per heavy atom. The number of fused-ring (bicyclic) bond motifs is 2. The quantitative estimate of drug-likeness (QED) is 0.649. The lowest BCUT2D eigenvalue weighted by Gasteiger charge is -2.50. The molecule has 2 atom stereocenters. The minimum Gasteiger partial charge on any atom is -0.497 e. The Morgan fingerprint density at radius 3 is 2.18 bits per heavy atom. The lowest BCUT2D eigenvalue weighted by Crippen LogP contribution is -2.59. The van der Waals surface area contributed by atoms with Gasteiger partial charge in [0.15, 0.2) is 0 Å². The van der Waals surface area contributed by atoms with Crippen LogP contribution in [0.4, 0.5) is 5.69 Å². The van der Waals surface area contributed by atoms with E-state index in [0.29, 0.717) is 12.6 Å². The molecule has 0 aromatic heterocycles. The van der Waals surface area contributed by atoms with Gasteiger partial charge in [0.05, 0.1) is 24.5 Å². The highest BCUT2D eigenvalue weighted by Crippen LogP contribution is 2.52. The Kier molecular flexibility index (Phi) is 5.92. The highest BCUT2D eigenvalue weighted by molar-refractivity contribution is 6.07. The van der Waals surface area contributed by atoms with E-state index in [1.807, 2.05) is 12.1 Å². The van der Waals surface area contributed by atoms with Gasteiger partial charge in [0, 0.05) is 38.4 Å². The molecule has 4 aliphatic rings. The van der Waals surface area contributed by atoms with Crippen LogP contribution < -0.4 is 9.64 Å². The van der Waals surface area contributed by atoms with Gasteiger partial charge in [-0.1, -0.05) is 13.8 Å². The Hall–Kier alpha value is -2.08. The number of hydrogen-bond donors (Lipinski definition) is 0. The Morgan fingerprint density at radius 2 is 1.61 bits per heavy atom. The van der Waals surface area contributed by atoms with Crippen molar-refractivity contribution in [3.05, 3.63) is 24.3 Å². The monoisotopic (exact) mass is 453 g/mol. The van der Waals surface area contributed by atoms with Crippen molar-refractivity contribution in [1.29, 1.82) is 0 Å². The number of carbonyl (C=O) groups is 2. The van der Waals surface area contributed by atoms with Gasteiger partial charge in [-0.3, -0.25) is 14.5 Å². The number of carbonyl (C=O) groups excluding carboxylic acids is 2. The van der Waals surface area contributed by atoms with E-state index in [4.69, 9.17) is 4.74 Å². The predicted molar refractivity (Wildman–Crippen MR) is 129 cm³/mol. The van der Waals surface area contributed by atoms with Crippen molar-refractivity contribution in [2.24, 2.45) is 23.7 Å². The summed E-state index contributed by atoms with van der Waals surface area (Å²) in [6.07, 6.45) is 7.15. The van der Waals surface area contributed by atoms with E-state index >= 15 is 0 Å². The fourth-order valence-corrected chi connectivity index (χ4v) is 7.33. The maximum Gasteiger partial charge on any atom is 0.235 e. The van der Waals surface area contributed by atoms with Crippen LogP contribution in [0, 0.1) is 23.7 Å². The standard InChI is InChI=1S/C27H39N3O3/c1-18(2)19-5-7-20(8-6-19)29-15-13-27(14-16-29)24-23(25(31)28(3)26(24)32)17-30(27)21-9-11-22(33-4)12-10-21/h9-12,18-20,23-24H,5-8,13-17H2,1-4H3. The van der Waals surface area contributed by atoms with Crippen molar-refractivity contribution in [2.45, 2.75) is 64.0 Å². The number of ether oxygens (including phenoxy) is 1. The molecule has 0 N–H and O–H groups in total. The average molecular weight is 454 g/mol. The van der Waals surface area contributed by atoms with E-state index in [1.165, 1.54) is 30.6 Å². The van der Waals surface area contributed by atoms with Crippen LogP contribution in [-0.4, -0.2) is 67.0 Å². The zero-order valence-electron chi connectivity index (χ0n) is 20.6. The first-order valence-corrected chi connectivity index (χ1v) is 12.8. The molecule has 180 valence electrons. The molecule has 1 aliphatic carbocycles. The number of nitrogens with zero attached hydrogens (tertiary/aromatic N) is 3. The summed E-state index contributed by atoms with van der Waals surface area (Å²) in [7, 11) is 3.34. The molecule has 3 saturated heterocycles. The molecule has 1 spiro atoms. The van der Waals surface area contributed by atoms with E-state index < -0.39 is 0 Å². The molecule has 33 heavy (non-hydrogen) atoms. The molecule has 1 aromatic carbocycles.